The van der Waals surface area contributed by atoms with Crippen LogP contribution < -0.4 is 0 Å². The lowest BCUT2D eigenvalue weighted by atomic mass is 9.98. The van der Waals surface area contributed by atoms with E-state index in [1.807, 2.05) is 31.7 Å². The summed E-state index contributed by atoms with van der Waals surface area (Å²) >= 11 is 0. The van der Waals surface area contributed by atoms with Gasteiger partial charge in [-0.05, 0) is 87.6 Å². The maximum Gasteiger partial charge on any atom is 0.254 e. The van der Waals surface area contributed by atoms with Gasteiger partial charge in [-0.25, -0.2) is 0 Å². The van der Waals surface area contributed by atoms with Gasteiger partial charge in [0.05, 0.1) is 0 Å². The molecule has 5 nitrogen and oxygen atoms in total. The van der Waals surface area contributed by atoms with Crippen LogP contribution in [-0.2, 0) is 6.54 Å². The van der Waals surface area contributed by atoms with Crippen molar-refractivity contribution in [2.24, 2.45) is 0 Å². The number of hydrogen-bond donors (Lipinski definition) is 0. The number of nitrogens with zero attached hydrogens (tertiary/aromatic N) is 4. The summed E-state index contributed by atoms with van der Waals surface area (Å²) in [6.07, 6.45) is 12.5. The zero-order valence-electron chi connectivity index (χ0n) is 25.1. The van der Waals surface area contributed by atoms with Crippen molar-refractivity contribution >= 4 is 5.91 Å². The molecular formula is C34H48N4O. The van der Waals surface area contributed by atoms with Gasteiger partial charge in [0.25, 0.3) is 5.91 Å². The van der Waals surface area contributed by atoms with Gasteiger partial charge in [-0.2, -0.15) is 0 Å². The zero-order valence-corrected chi connectivity index (χ0v) is 25.1. The summed E-state index contributed by atoms with van der Waals surface area (Å²) in [4.78, 5) is 22.9. The highest BCUT2D eigenvalue weighted by molar-refractivity contribution is 5.96. The third kappa shape index (κ3) is 7.86. The lowest BCUT2D eigenvalue weighted by Gasteiger charge is -2.38. The van der Waals surface area contributed by atoms with Crippen LogP contribution >= 0.6 is 0 Å². The molecule has 2 aliphatic heterocycles. The van der Waals surface area contributed by atoms with E-state index in [9.17, 15) is 4.79 Å². The predicted molar refractivity (Wildman–Crippen MR) is 166 cm³/mol. The Labute approximate surface area is 237 Å². The van der Waals surface area contributed by atoms with E-state index in [1.165, 1.54) is 16.8 Å². The first kappa shape index (κ1) is 30.2. The van der Waals surface area contributed by atoms with Gasteiger partial charge in [0.2, 0.25) is 0 Å². The third-order valence-electron chi connectivity index (χ3n) is 7.70. The largest absolute Gasteiger partial charge is 0.369 e. The standard InChI is InChI=1S/C34H48N4O/c1-9-11-13-32(26(3)4)36-17-15-35(16-18-36)25-30-24-31(29(8)23-28(30)7)34(39)38-21-19-37(20-22-38)33(27(5)6)14-12-10-2/h9-14,23-24H,3,5,15-22,25H2,1-2,4,6-8H3/b11-9-,12-10-,32-13+,33-14+. The molecule has 0 aromatic heterocycles. The molecular weight excluding hydrogens is 480 g/mol. The molecule has 1 amide bonds. The van der Waals surface area contributed by atoms with Crippen LogP contribution in [0.5, 0.6) is 0 Å². The van der Waals surface area contributed by atoms with Crippen molar-refractivity contribution in [3.05, 3.63) is 107 Å². The quantitative estimate of drug-likeness (QED) is 0.354. The highest BCUT2D eigenvalue weighted by Crippen LogP contribution is 2.23. The predicted octanol–water partition coefficient (Wildman–Crippen LogP) is 6.25. The second-order valence-electron chi connectivity index (χ2n) is 10.9. The van der Waals surface area contributed by atoms with Gasteiger partial charge in [-0.3, -0.25) is 9.69 Å². The van der Waals surface area contributed by atoms with Crippen molar-refractivity contribution in [1.82, 2.24) is 19.6 Å². The molecule has 0 aliphatic carbocycles. The van der Waals surface area contributed by atoms with E-state index in [2.05, 4.69) is 91.1 Å². The lowest BCUT2D eigenvalue weighted by Crippen LogP contribution is -2.48. The van der Waals surface area contributed by atoms with Gasteiger partial charge in [-0.1, -0.05) is 43.5 Å². The van der Waals surface area contributed by atoms with E-state index in [0.717, 1.165) is 86.9 Å². The third-order valence-corrected chi connectivity index (χ3v) is 7.70. The van der Waals surface area contributed by atoms with Crippen LogP contribution in [0.4, 0.5) is 0 Å². The number of allylic oxidation sites excluding steroid dienone is 8. The minimum absolute atomic E-state index is 0.146. The number of carbonyl (C=O) groups is 1. The SMILES string of the molecule is C=C(C)/C(=C\C=C/C)N1CCN(Cc2cc(C(=O)N3CCN(/C(=C/C=C\C)C(=C)C)CC3)c(C)cc2C)CC1. The molecule has 2 heterocycles. The minimum atomic E-state index is 0.146. The first-order chi connectivity index (χ1) is 18.7. The molecule has 0 atom stereocenters. The van der Waals surface area contributed by atoms with Crippen LogP contribution in [0.1, 0.15) is 54.7 Å². The van der Waals surface area contributed by atoms with Crippen molar-refractivity contribution < 1.29 is 4.79 Å². The molecule has 210 valence electrons. The fourth-order valence-corrected chi connectivity index (χ4v) is 5.42. The number of carbonyl (C=O) groups excluding carboxylic acids is 1. The van der Waals surface area contributed by atoms with Crippen molar-refractivity contribution in [3.63, 3.8) is 0 Å². The number of aryl methyl sites for hydroxylation is 2. The van der Waals surface area contributed by atoms with Gasteiger partial charge in [0, 0.05) is 75.9 Å². The zero-order chi connectivity index (χ0) is 28.5. The number of amides is 1. The van der Waals surface area contributed by atoms with Crippen LogP contribution in [0, 0.1) is 13.8 Å². The normalized spacial score (nSPS) is 17.9. The minimum Gasteiger partial charge on any atom is -0.369 e. The molecule has 0 N–H and O–H groups in total. The molecule has 1 aromatic rings. The summed E-state index contributed by atoms with van der Waals surface area (Å²) in [6, 6.07) is 4.34. The number of hydrogen-bond acceptors (Lipinski definition) is 4. The van der Waals surface area contributed by atoms with Crippen molar-refractivity contribution in [2.75, 3.05) is 52.4 Å². The van der Waals surface area contributed by atoms with E-state index in [1.54, 1.807) is 0 Å². The maximum absolute atomic E-state index is 13.7. The molecule has 0 radical (unpaired) electrons. The summed E-state index contributed by atoms with van der Waals surface area (Å²) in [5.41, 5.74) is 8.94. The fraction of sp³-hybridized carbons (Fsp3) is 0.441. The molecule has 0 unspecified atom stereocenters. The van der Waals surface area contributed by atoms with Gasteiger partial charge in [0.1, 0.15) is 0 Å². The van der Waals surface area contributed by atoms with Crippen molar-refractivity contribution in [2.45, 2.75) is 48.1 Å². The second kappa shape index (κ2) is 14.2. The van der Waals surface area contributed by atoms with E-state index < -0.39 is 0 Å². The Bertz CT molecular complexity index is 1170. The molecule has 0 bridgehead atoms. The Morgan fingerprint density at radius 2 is 1.21 bits per heavy atom. The highest BCUT2D eigenvalue weighted by Gasteiger charge is 2.26. The Morgan fingerprint density at radius 3 is 1.67 bits per heavy atom. The van der Waals surface area contributed by atoms with Crippen LogP contribution in [0.3, 0.4) is 0 Å². The molecule has 3 rings (SSSR count). The van der Waals surface area contributed by atoms with Gasteiger partial charge in [0.15, 0.2) is 0 Å². The Hall–Kier alpha value is -3.31. The van der Waals surface area contributed by atoms with E-state index in [-0.39, 0.29) is 5.91 Å². The van der Waals surface area contributed by atoms with Gasteiger partial charge in [-0.15, -0.1) is 0 Å². The van der Waals surface area contributed by atoms with Gasteiger partial charge >= 0.3 is 0 Å². The lowest BCUT2D eigenvalue weighted by molar-refractivity contribution is 0.0670. The molecule has 2 aliphatic rings. The number of benzene rings is 1. The van der Waals surface area contributed by atoms with E-state index in [0.29, 0.717) is 0 Å². The highest BCUT2D eigenvalue weighted by atomic mass is 16.2. The first-order valence-electron chi connectivity index (χ1n) is 14.3. The molecule has 0 spiro atoms. The second-order valence-corrected chi connectivity index (χ2v) is 10.9. The topological polar surface area (TPSA) is 30.0 Å². The van der Waals surface area contributed by atoms with Crippen molar-refractivity contribution in [3.8, 4) is 0 Å². The molecule has 0 saturated carbocycles. The molecule has 39 heavy (non-hydrogen) atoms. The summed E-state index contributed by atoms with van der Waals surface area (Å²) in [5, 5.41) is 0. The Kier molecular flexibility index (Phi) is 11.0. The summed E-state index contributed by atoms with van der Waals surface area (Å²) in [7, 11) is 0. The first-order valence-corrected chi connectivity index (χ1v) is 14.3. The average molecular weight is 529 g/mol. The van der Waals surface area contributed by atoms with Crippen LogP contribution in [0.25, 0.3) is 0 Å². The summed E-state index contributed by atoms with van der Waals surface area (Å²) < 4.78 is 0. The van der Waals surface area contributed by atoms with Crippen LogP contribution in [0.2, 0.25) is 0 Å². The summed E-state index contributed by atoms with van der Waals surface area (Å²) in [6.45, 7) is 28.6. The Balaban J connectivity index is 1.66. The van der Waals surface area contributed by atoms with Crippen LogP contribution in [-0.4, -0.2) is 77.9 Å². The number of piperazine rings is 2. The summed E-state index contributed by atoms with van der Waals surface area (Å²) in [5.74, 6) is 0.146. The van der Waals surface area contributed by atoms with Gasteiger partial charge < -0.3 is 14.7 Å². The fourth-order valence-electron chi connectivity index (χ4n) is 5.42. The van der Waals surface area contributed by atoms with Crippen molar-refractivity contribution in [1.29, 1.82) is 0 Å². The average Bonchev–Trinajstić information content (AvgIpc) is 2.91. The van der Waals surface area contributed by atoms with E-state index in [4.69, 9.17) is 0 Å². The monoisotopic (exact) mass is 528 g/mol. The molecule has 5 heteroatoms. The molecule has 2 fully saturated rings. The maximum atomic E-state index is 13.7. The number of rotatable bonds is 9. The smallest absolute Gasteiger partial charge is 0.254 e. The van der Waals surface area contributed by atoms with Crippen LogP contribution in [0.15, 0.2) is 84.3 Å². The molecule has 1 aromatic carbocycles. The molecule has 2 saturated heterocycles. The Morgan fingerprint density at radius 1 is 0.744 bits per heavy atom. The van der Waals surface area contributed by atoms with E-state index >= 15 is 0 Å².